The van der Waals surface area contributed by atoms with Crippen LogP contribution in [0.2, 0.25) is 0 Å². The molecular weight excluding hydrogens is 484 g/mol. The van der Waals surface area contributed by atoms with Gasteiger partial charge in [-0.2, -0.15) is 0 Å². The van der Waals surface area contributed by atoms with Crippen LogP contribution in [0.15, 0.2) is 46.9 Å². The minimum atomic E-state index is -1.02. The summed E-state index contributed by atoms with van der Waals surface area (Å²) in [6, 6.07) is 12.4. The van der Waals surface area contributed by atoms with Crippen molar-refractivity contribution in [2.24, 2.45) is 11.8 Å². The molecule has 2 atom stereocenters. The summed E-state index contributed by atoms with van der Waals surface area (Å²) >= 11 is 3.46. The number of aryl methyl sites for hydroxylation is 1. The zero-order valence-corrected chi connectivity index (χ0v) is 19.8. The normalized spacial score (nSPS) is 20.4. The van der Waals surface area contributed by atoms with Gasteiger partial charge in [0.15, 0.2) is 0 Å². The number of carboxylic acids is 1. The number of fused-ring (bicyclic) bond motifs is 2. The summed E-state index contributed by atoms with van der Waals surface area (Å²) in [6.45, 7) is 2.01. The zero-order valence-electron chi connectivity index (χ0n) is 18.2. The quantitative estimate of drug-likeness (QED) is 0.465. The van der Waals surface area contributed by atoms with E-state index in [0.29, 0.717) is 28.7 Å². The number of aromatic carboxylic acids is 1. The number of carbonyl (C=O) groups excluding carboxylic acids is 2. The fourth-order valence-corrected chi connectivity index (χ4v) is 5.66. The van der Waals surface area contributed by atoms with Crippen molar-refractivity contribution >= 4 is 50.3 Å². The summed E-state index contributed by atoms with van der Waals surface area (Å²) in [5, 5.41) is 10.4. The van der Waals surface area contributed by atoms with Gasteiger partial charge in [-0.3, -0.25) is 14.5 Å². The molecule has 5 rings (SSSR count). The lowest BCUT2D eigenvalue weighted by Crippen LogP contribution is -2.30. The number of hydrogen-bond acceptors (Lipinski definition) is 4. The van der Waals surface area contributed by atoms with E-state index < -0.39 is 5.97 Å². The van der Waals surface area contributed by atoms with Gasteiger partial charge >= 0.3 is 5.97 Å². The molecule has 1 saturated heterocycles. The van der Waals surface area contributed by atoms with Crippen molar-refractivity contribution in [3.8, 4) is 11.3 Å². The van der Waals surface area contributed by atoms with Crippen LogP contribution in [0.4, 0.5) is 5.69 Å². The third-order valence-corrected chi connectivity index (χ3v) is 7.29. The number of hydrogen-bond donors (Lipinski definition) is 1. The Morgan fingerprint density at radius 1 is 1.06 bits per heavy atom. The third kappa shape index (κ3) is 3.64. The largest absolute Gasteiger partial charge is 0.478 e. The van der Waals surface area contributed by atoms with Crippen molar-refractivity contribution in [3.63, 3.8) is 0 Å². The fourth-order valence-electron chi connectivity index (χ4n) is 5.15. The van der Waals surface area contributed by atoms with Gasteiger partial charge in [0.2, 0.25) is 11.8 Å². The van der Waals surface area contributed by atoms with Crippen molar-refractivity contribution in [1.82, 2.24) is 4.98 Å². The van der Waals surface area contributed by atoms with Crippen LogP contribution in [0.1, 0.15) is 48.5 Å². The molecule has 2 aromatic carbocycles. The molecule has 1 saturated carbocycles. The molecule has 2 heterocycles. The molecule has 1 N–H and O–H groups in total. The first-order valence-electron chi connectivity index (χ1n) is 11.2. The lowest BCUT2D eigenvalue weighted by molar-refractivity contribution is -0.122. The van der Waals surface area contributed by atoms with Gasteiger partial charge in [-0.1, -0.05) is 47.8 Å². The fraction of sp³-hybridized carbons (Fsp3) is 0.308. The summed E-state index contributed by atoms with van der Waals surface area (Å²) in [7, 11) is 0. The molecule has 2 amide bonds. The van der Waals surface area contributed by atoms with E-state index in [2.05, 4.69) is 15.9 Å². The van der Waals surface area contributed by atoms with Crippen LogP contribution in [0.3, 0.4) is 0 Å². The van der Waals surface area contributed by atoms with Crippen LogP contribution in [0, 0.1) is 11.8 Å². The molecule has 2 unspecified atom stereocenters. The lowest BCUT2D eigenvalue weighted by atomic mass is 9.81. The monoisotopic (exact) mass is 506 g/mol. The molecule has 33 heavy (non-hydrogen) atoms. The molecule has 1 aliphatic heterocycles. The predicted octanol–water partition coefficient (Wildman–Crippen LogP) is 5.60. The Hall–Kier alpha value is -3.06. The van der Waals surface area contributed by atoms with Gasteiger partial charge in [0.05, 0.1) is 34.3 Å². The Kier molecular flexibility index (Phi) is 5.52. The average Bonchev–Trinajstić information content (AvgIpc) is 3.08. The highest BCUT2D eigenvalue weighted by Gasteiger charge is 2.48. The van der Waals surface area contributed by atoms with Gasteiger partial charge in [0, 0.05) is 15.4 Å². The van der Waals surface area contributed by atoms with E-state index in [1.807, 2.05) is 13.0 Å². The minimum Gasteiger partial charge on any atom is -0.478 e. The van der Waals surface area contributed by atoms with Gasteiger partial charge in [-0.15, -0.1) is 0 Å². The van der Waals surface area contributed by atoms with Gasteiger partial charge in [0.25, 0.3) is 0 Å². The molecule has 1 aliphatic carbocycles. The topological polar surface area (TPSA) is 87.6 Å². The second-order valence-electron chi connectivity index (χ2n) is 8.73. The number of rotatable bonds is 4. The second-order valence-corrected chi connectivity index (χ2v) is 9.65. The van der Waals surface area contributed by atoms with Crippen molar-refractivity contribution in [2.45, 2.75) is 39.0 Å². The van der Waals surface area contributed by atoms with E-state index in [1.165, 1.54) is 4.90 Å². The smallest absolute Gasteiger partial charge is 0.336 e. The molecule has 6 nitrogen and oxygen atoms in total. The van der Waals surface area contributed by atoms with Crippen molar-refractivity contribution in [1.29, 1.82) is 0 Å². The Morgan fingerprint density at radius 3 is 2.27 bits per heavy atom. The van der Waals surface area contributed by atoms with Crippen LogP contribution < -0.4 is 4.90 Å². The number of carboxylic acid groups (broad SMARTS) is 1. The van der Waals surface area contributed by atoms with Crippen LogP contribution in [-0.4, -0.2) is 27.9 Å². The van der Waals surface area contributed by atoms with Gasteiger partial charge < -0.3 is 5.11 Å². The average molecular weight is 507 g/mol. The number of amides is 2. The second kappa shape index (κ2) is 8.37. The first-order valence-corrected chi connectivity index (χ1v) is 12.0. The lowest BCUT2D eigenvalue weighted by Gasteiger charge is -2.19. The van der Waals surface area contributed by atoms with Crippen LogP contribution in [-0.2, 0) is 16.0 Å². The third-order valence-electron chi connectivity index (χ3n) is 6.83. The highest BCUT2D eigenvalue weighted by atomic mass is 79.9. The zero-order chi connectivity index (χ0) is 23.3. The minimum absolute atomic E-state index is 0.104. The van der Waals surface area contributed by atoms with E-state index in [1.54, 1.807) is 36.4 Å². The number of pyridine rings is 1. The summed E-state index contributed by atoms with van der Waals surface area (Å²) in [4.78, 5) is 43.9. The first kappa shape index (κ1) is 21.8. The maximum atomic E-state index is 12.9. The summed E-state index contributed by atoms with van der Waals surface area (Å²) in [5.74, 6) is -1.62. The number of nitrogens with zero attached hydrogens (tertiary/aromatic N) is 2. The highest BCUT2D eigenvalue weighted by Crippen LogP contribution is 2.40. The number of halogens is 1. The molecule has 7 heteroatoms. The number of carbonyl (C=O) groups is 3. The van der Waals surface area contributed by atoms with E-state index in [-0.39, 0.29) is 29.2 Å². The highest BCUT2D eigenvalue weighted by molar-refractivity contribution is 9.10. The predicted molar refractivity (Wildman–Crippen MR) is 129 cm³/mol. The molecule has 0 bridgehead atoms. The van der Waals surface area contributed by atoms with Gasteiger partial charge in [0.1, 0.15) is 0 Å². The van der Waals surface area contributed by atoms with E-state index in [9.17, 15) is 19.5 Å². The Bertz CT molecular complexity index is 1280. The molecule has 3 aromatic rings. The molecule has 2 aliphatic rings. The number of benzene rings is 2. The van der Waals surface area contributed by atoms with Crippen molar-refractivity contribution in [2.75, 3.05) is 4.90 Å². The summed E-state index contributed by atoms with van der Waals surface area (Å²) in [5.41, 5.74) is 3.62. The van der Waals surface area contributed by atoms with E-state index in [4.69, 9.17) is 4.98 Å². The molecule has 168 valence electrons. The Balaban J connectivity index is 1.55. The Morgan fingerprint density at radius 2 is 1.70 bits per heavy atom. The Labute approximate surface area is 199 Å². The number of anilines is 1. The maximum Gasteiger partial charge on any atom is 0.336 e. The number of aromatic nitrogens is 1. The van der Waals surface area contributed by atoms with Gasteiger partial charge in [-0.05, 0) is 55.2 Å². The van der Waals surface area contributed by atoms with Crippen molar-refractivity contribution < 1.29 is 19.5 Å². The summed E-state index contributed by atoms with van der Waals surface area (Å²) in [6.07, 6.45) is 4.24. The van der Waals surface area contributed by atoms with E-state index >= 15 is 0 Å². The SMILES string of the molecule is CCc1cc(Br)cc2c(C(=O)O)cc(-c3ccc(N4C(=O)C5CCCCC5C4=O)cc3)nc12. The molecule has 1 aromatic heterocycles. The molecule has 0 radical (unpaired) electrons. The van der Waals surface area contributed by atoms with Gasteiger partial charge in [-0.25, -0.2) is 9.78 Å². The molecule has 2 fully saturated rings. The van der Waals surface area contributed by atoms with Crippen LogP contribution >= 0.6 is 15.9 Å². The summed E-state index contributed by atoms with van der Waals surface area (Å²) < 4.78 is 0.814. The van der Waals surface area contributed by atoms with Crippen molar-refractivity contribution in [3.05, 3.63) is 58.1 Å². The maximum absolute atomic E-state index is 12.9. The van der Waals surface area contributed by atoms with Crippen LogP contribution in [0.25, 0.3) is 22.2 Å². The van der Waals surface area contributed by atoms with E-state index in [0.717, 1.165) is 41.3 Å². The molecule has 0 spiro atoms. The molecular formula is C26H23BrN2O4. The van der Waals surface area contributed by atoms with Crippen LogP contribution in [0.5, 0.6) is 0 Å². The first-order chi connectivity index (χ1) is 15.9. The standard InChI is InChI=1S/C26H23BrN2O4/c1-2-14-11-16(27)12-20-21(26(32)33)13-22(28-23(14)20)15-7-9-17(10-8-15)29-24(30)18-5-3-4-6-19(18)25(29)31/h7-13,18-19H,2-6H2,1H3,(H,32,33). The number of imide groups is 1.